The number of benzene rings is 2. The normalized spacial score (nSPS) is 12.9. The molecule has 5 heteroatoms. The lowest BCUT2D eigenvalue weighted by Crippen LogP contribution is -2.16. The summed E-state index contributed by atoms with van der Waals surface area (Å²) in [5.41, 5.74) is 0.971. The van der Waals surface area contributed by atoms with Crippen molar-refractivity contribution in [1.82, 2.24) is 0 Å². The van der Waals surface area contributed by atoms with Crippen LogP contribution < -0.4 is 14.2 Å². The molecule has 0 radical (unpaired) electrons. The lowest BCUT2D eigenvalue weighted by Gasteiger charge is -2.18. The van der Waals surface area contributed by atoms with E-state index in [1.807, 2.05) is 0 Å². The molecule has 3 rings (SSSR count). The molecule has 0 N–H and O–H groups in total. The Morgan fingerprint density at radius 3 is 2.62 bits per heavy atom. The monoisotopic (exact) mass is 304 g/mol. The summed E-state index contributed by atoms with van der Waals surface area (Å²) in [7, 11) is 1.51. The molecule has 4 nitrogen and oxygen atoms in total. The Hall–Kier alpha value is -2.20. The van der Waals surface area contributed by atoms with Crippen LogP contribution in [0.2, 0.25) is 5.02 Å². The summed E-state index contributed by atoms with van der Waals surface area (Å²) in [5, 5.41) is 0.519. The van der Waals surface area contributed by atoms with Crippen LogP contribution in [0.1, 0.15) is 15.9 Å². The third-order valence-electron chi connectivity index (χ3n) is 3.21. The van der Waals surface area contributed by atoms with Crippen molar-refractivity contribution in [3.05, 3.63) is 52.5 Å². The van der Waals surface area contributed by atoms with Crippen molar-refractivity contribution in [3.63, 3.8) is 0 Å². The zero-order valence-electron chi connectivity index (χ0n) is 11.4. The molecule has 2 aromatic rings. The highest BCUT2D eigenvalue weighted by Crippen LogP contribution is 2.32. The molecule has 0 fully saturated rings. The van der Waals surface area contributed by atoms with E-state index in [4.69, 9.17) is 25.8 Å². The quantitative estimate of drug-likeness (QED) is 0.816. The predicted molar refractivity (Wildman–Crippen MR) is 78.9 cm³/mol. The van der Waals surface area contributed by atoms with Gasteiger partial charge in [0, 0.05) is 10.6 Å². The second-order valence-electron chi connectivity index (χ2n) is 4.53. The van der Waals surface area contributed by atoms with E-state index in [0.717, 1.165) is 0 Å². The molecule has 0 unspecified atom stereocenters. The number of hydrogen-bond donors (Lipinski definition) is 0. The van der Waals surface area contributed by atoms with Crippen molar-refractivity contribution in [1.29, 1.82) is 0 Å². The first-order valence-corrected chi connectivity index (χ1v) is 6.85. The van der Waals surface area contributed by atoms with Gasteiger partial charge in [-0.05, 0) is 36.4 Å². The van der Waals surface area contributed by atoms with Crippen LogP contribution in [-0.2, 0) is 0 Å². The Morgan fingerprint density at radius 2 is 1.86 bits per heavy atom. The molecule has 1 aliphatic heterocycles. The van der Waals surface area contributed by atoms with Gasteiger partial charge in [-0.15, -0.1) is 0 Å². The summed E-state index contributed by atoms with van der Waals surface area (Å²) in [4.78, 5) is 12.6. The highest BCUT2D eigenvalue weighted by atomic mass is 35.5. The number of hydrogen-bond acceptors (Lipinski definition) is 4. The lowest BCUT2D eigenvalue weighted by atomic mass is 10.0. The van der Waals surface area contributed by atoms with Gasteiger partial charge >= 0.3 is 0 Å². The number of carbonyl (C=O) groups excluding carboxylic acids is 1. The van der Waals surface area contributed by atoms with Crippen LogP contribution >= 0.6 is 11.6 Å². The molecule has 108 valence electrons. The topological polar surface area (TPSA) is 44.8 Å². The van der Waals surface area contributed by atoms with Gasteiger partial charge in [0.2, 0.25) is 0 Å². The highest BCUT2D eigenvalue weighted by Gasteiger charge is 2.18. The Balaban J connectivity index is 1.99. The van der Waals surface area contributed by atoms with Crippen LogP contribution in [0, 0.1) is 0 Å². The van der Waals surface area contributed by atoms with Gasteiger partial charge < -0.3 is 14.2 Å². The van der Waals surface area contributed by atoms with Crippen molar-refractivity contribution in [2.24, 2.45) is 0 Å². The second-order valence-corrected chi connectivity index (χ2v) is 4.97. The summed E-state index contributed by atoms with van der Waals surface area (Å²) in [6.07, 6.45) is 0. The maximum atomic E-state index is 12.6. The van der Waals surface area contributed by atoms with Gasteiger partial charge in [-0.1, -0.05) is 11.6 Å². The van der Waals surface area contributed by atoms with Crippen molar-refractivity contribution in [3.8, 4) is 17.2 Å². The Kier molecular flexibility index (Phi) is 3.71. The molecule has 0 aromatic heterocycles. The number of fused-ring (bicyclic) bond motifs is 1. The number of methoxy groups -OCH3 is 1. The number of ether oxygens (including phenoxy) is 3. The van der Waals surface area contributed by atoms with E-state index >= 15 is 0 Å². The van der Waals surface area contributed by atoms with Crippen molar-refractivity contribution >= 4 is 17.4 Å². The van der Waals surface area contributed by atoms with Crippen LogP contribution in [0.25, 0.3) is 0 Å². The van der Waals surface area contributed by atoms with Crippen LogP contribution in [0.4, 0.5) is 0 Å². The lowest BCUT2D eigenvalue weighted by molar-refractivity contribution is 0.103. The molecule has 0 saturated heterocycles. The Morgan fingerprint density at radius 1 is 1.10 bits per heavy atom. The Bertz CT molecular complexity index is 697. The summed E-state index contributed by atoms with van der Waals surface area (Å²) in [6.45, 7) is 1.00. The molecule has 0 aliphatic carbocycles. The van der Waals surface area contributed by atoms with Gasteiger partial charge in [-0.3, -0.25) is 4.79 Å². The van der Waals surface area contributed by atoms with E-state index in [1.54, 1.807) is 36.4 Å². The summed E-state index contributed by atoms with van der Waals surface area (Å²) >= 11 is 5.91. The molecule has 1 heterocycles. The molecule has 21 heavy (non-hydrogen) atoms. The first kappa shape index (κ1) is 13.8. The van der Waals surface area contributed by atoms with E-state index in [2.05, 4.69) is 0 Å². The first-order valence-electron chi connectivity index (χ1n) is 6.47. The fourth-order valence-electron chi connectivity index (χ4n) is 2.19. The smallest absolute Gasteiger partial charge is 0.196 e. The van der Waals surface area contributed by atoms with Crippen molar-refractivity contribution in [2.75, 3.05) is 20.3 Å². The summed E-state index contributed by atoms with van der Waals surface area (Å²) in [6, 6.07) is 10.1. The highest BCUT2D eigenvalue weighted by molar-refractivity contribution is 6.31. The summed E-state index contributed by atoms with van der Waals surface area (Å²) < 4.78 is 16.2. The fourth-order valence-corrected chi connectivity index (χ4v) is 2.35. The second kappa shape index (κ2) is 5.66. The molecule has 0 saturated carbocycles. The van der Waals surface area contributed by atoms with E-state index < -0.39 is 0 Å². The predicted octanol–water partition coefficient (Wildman–Crippen LogP) is 3.35. The number of ketones is 1. The number of rotatable bonds is 3. The van der Waals surface area contributed by atoms with Gasteiger partial charge in [0.25, 0.3) is 0 Å². The Labute approximate surface area is 127 Å². The zero-order chi connectivity index (χ0) is 14.8. The number of carbonyl (C=O) groups is 1. The van der Waals surface area contributed by atoms with Crippen LogP contribution in [0.15, 0.2) is 36.4 Å². The molecule has 0 atom stereocenters. The van der Waals surface area contributed by atoms with Gasteiger partial charge in [0.15, 0.2) is 17.3 Å². The molecule has 2 aromatic carbocycles. The van der Waals surface area contributed by atoms with Gasteiger partial charge in [0.05, 0.1) is 12.7 Å². The van der Waals surface area contributed by atoms with E-state index in [-0.39, 0.29) is 5.78 Å². The minimum absolute atomic E-state index is 0.152. The third-order valence-corrected chi connectivity index (χ3v) is 3.45. The van der Waals surface area contributed by atoms with Gasteiger partial charge in [0.1, 0.15) is 19.0 Å². The van der Waals surface area contributed by atoms with Crippen molar-refractivity contribution < 1.29 is 19.0 Å². The third kappa shape index (κ3) is 2.67. The van der Waals surface area contributed by atoms with E-state index in [0.29, 0.717) is 46.6 Å². The molecular formula is C16H13ClO4. The SMILES string of the molecule is COc1cc(Cl)ccc1C(=O)c1ccc2c(c1)OCCO2. The largest absolute Gasteiger partial charge is 0.496 e. The van der Waals surface area contributed by atoms with E-state index in [1.165, 1.54) is 7.11 Å². The standard InChI is InChI=1S/C16H13ClO4/c1-19-14-9-11(17)3-4-12(14)16(18)10-2-5-13-15(8-10)21-7-6-20-13/h2-5,8-9H,6-7H2,1H3. The minimum Gasteiger partial charge on any atom is -0.496 e. The average molecular weight is 305 g/mol. The van der Waals surface area contributed by atoms with Crippen LogP contribution in [0.3, 0.4) is 0 Å². The molecular weight excluding hydrogens is 292 g/mol. The van der Waals surface area contributed by atoms with Crippen LogP contribution in [-0.4, -0.2) is 26.1 Å². The molecule has 0 amide bonds. The zero-order valence-corrected chi connectivity index (χ0v) is 12.1. The maximum absolute atomic E-state index is 12.6. The molecule has 1 aliphatic rings. The summed E-state index contributed by atoms with van der Waals surface area (Å²) in [5.74, 6) is 1.53. The van der Waals surface area contributed by atoms with Crippen molar-refractivity contribution in [2.45, 2.75) is 0 Å². The van der Waals surface area contributed by atoms with Gasteiger partial charge in [-0.2, -0.15) is 0 Å². The fraction of sp³-hybridized carbons (Fsp3) is 0.188. The van der Waals surface area contributed by atoms with E-state index in [9.17, 15) is 4.79 Å². The number of halogens is 1. The maximum Gasteiger partial charge on any atom is 0.196 e. The average Bonchev–Trinajstić information content (AvgIpc) is 2.53. The molecule has 0 spiro atoms. The minimum atomic E-state index is -0.152. The first-order chi connectivity index (χ1) is 10.2. The van der Waals surface area contributed by atoms with Crippen LogP contribution in [0.5, 0.6) is 17.2 Å². The van der Waals surface area contributed by atoms with Gasteiger partial charge in [-0.25, -0.2) is 0 Å². The molecule has 0 bridgehead atoms.